The monoisotopic (exact) mass is 394 g/mol. The van der Waals surface area contributed by atoms with Crippen LogP contribution in [0, 0.1) is 6.92 Å². The molecule has 0 spiro atoms. The van der Waals surface area contributed by atoms with Gasteiger partial charge in [0.25, 0.3) is 0 Å². The molecule has 0 heterocycles. The number of carbonyl (C=O) groups excluding carboxylic acids is 2. The first kappa shape index (κ1) is 19.9. The number of hydrogen-bond donors (Lipinski definition) is 2. The number of halogens is 1. The molecule has 2 aromatic carbocycles. The molecule has 1 atom stereocenters. The molecule has 6 nitrogen and oxygen atoms in total. The van der Waals surface area contributed by atoms with Gasteiger partial charge in [0.05, 0.1) is 10.7 Å². The molecule has 8 heteroatoms. The Labute approximate surface area is 157 Å². The molecule has 26 heavy (non-hydrogen) atoms. The van der Waals surface area contributed by atoms with Crippen molar-refractivity contribution in [3.8, 4) is 0 Å². The lowest BCUT2D eigenvalue weighted by molar-refractivity contribution is -0.115. The fourth-order valence-corrected chi connectivity index (χ4v) is 3.36. The van der Waals surface area contributed by atoms with Crippen molar-refractivity contribution < 1.29 is 18.0 Å². The van der Waals surface area contributed by atoms with Gasteiger partial charge in [-0.3, -0.25) is 9.59 Å². The second-order valence-corrected chi connectivity index (χ2v) is 8.56. The number of sulfone groups is 1. The Hall–Kier alpha value is -2.38. The maximum Gasteiger partial charge on any atom is 0.242 e. The zero-order valence-corrected chi connectivity index (χ0v) is 15.9. The van der Waals surface area contributed by atoms with Gasteiger partial charge in [-0.1, -0.05) is 41.4 Å². The molecule has 2 amide bonds. The molecule has 0 aliphatic carbocycles. The number of carbonyl (C=O) groups is 2. The van der Waals surface area contributed by atoms with Crippen molar-refractivity contribution >= 4 is 44.6 Å². The van der Waals surface area contributed by atoms with E-state index in [9.17, 15) is 18.0 Å². The van der Waals surface area contributed by atoms with Crippen LogP contribution in [0.25, 0.3) is 0 Å². The summed E-state index contributed by atoms with van der Waals surface area (Å²) in [7, 11) is -3.99. The Kier molecular flexibility index (Phi) is 6.39. The largest absolute Gasteiger partial charge is 0.325 e. The molecule has 2 N–H and O–H groups in total. The summed E-state index contributed by atoms with van der Waals surface area (Å²) >= 11 is 5.94. The van der Waals surface area contributed by atoms with Crippen LogP contribution < -0.4 is 10.6 Å². The maximum atomic E-state index is 12.3. The summed E-state index contributed by atoms with van der Waals surface area (Å²) in [4.78, 5) is 24.2. The molecule has 0 bridgehead atoms. The van der Waals surface area contributed by atoms with Gasteiger partial charge in [0.2, 0.25) is 11.8 Å². The Bertz CT molecular complexity index is 911. The molecule has 0 aliphatic rings. The number of amides is 2. The van der Waals surface area contributed by atoms with Gasteiger partial charge in [-0.2, -0.15) is 0 Å². The zero-order valence-electron chi connectivity index (χ0n) is 14.3. The van der Waals surface area contributed by atoms with Gasteiger partial charge < -0.3 is 10.6 Å². The highest BCUT2D eigenvalue weighted by atomic mass is 35.5. The number of nitrogens with one attached hydrogen (secondary N) is 2. The van der Waals surface area contributed by atoms with Crippen LogP contribution in [0.15, 0.2) is 48.5 Å². The summed E-state index contributed by atoms with van der Waals surface area (Å²) in [6.45, 7) is 3.13. The Balaban J connectivity index is 2.01. The summed E-state index contributed by atoms with van der Waals surface area (Å²) in [6, 6.07) is 13.4. The molecular weight excluding hydrogens is 376 g/mol. The fourth-order valence-electron chi connectivity index (χ4n) is 2.10. The lowest BCUT2D eigenvalue weighted by Crippen LogP contribution is -2.37. The minimum Gasteiger partial charge on any atom is -0.325 e. The SMILES string of the molecule is Cc1ccc(NC(=O)CS(=O)(=O)C(C)C(=O)Nc2ccccc2Cl)cc1. The highest BCUT2D eigenvalue weighted by Gasteiger charge is 2.30. The van der Waals surface area contributed by atoms with Crippen LogP contribution in [0.2, 0.25) is 5.02 Å². The summed E-state index contributed by atoms with van der Waals surface area (Å²) in [6.07, 6.45) is 0. The smallest absolute Gasteiger partial charge is 0.242 e. The van der Waals surface area contributed by atoms with E-state index in [2.05, 4.69) is 10.6 Å². The molecule has 0 radical (unpaired) electrons. The van der Waals surface area contributed by atoms with Crippen LogP contribution in [0.3, 0.4) is 0 Å². The van der Waals surface area contributed by atoms with Gasteiger partial charge in [0.1, 0.15) is 11.0 Å². The molecule has 0 fully saturated rings. The lowest BCUT2D eigenvalue weighted by atomic mass is 10.2. The summed E-state index contributed by atoms with van der Waals surface area (Å²) in [5.41, 5.74) is 1.81. The molecule has 0 aromatic heterocycles. The molecule has 138 valence electrons. The molecular formula is C18H19ClN2O4S. The van der Waals surface area contributed by atoms with Gasteiger partial charge in [0, 0.05) is 5.69 Å². The van der Waals surface area contributed by atoms with Gasteiger partial charge >= 0.3 is 0 Å². The number of anilines is 2. The summed E-state index contributed by atoms with van der Waals surface area (Å²) in [5, 5.41) is 3.86. The summed E-state index contributed by atoms with van der Waals surface area (Å²) in [5.74, 6) is -2.25. The minimum atomic E-state index is -3.99. The highest BCUT2D eigenvalue weighted by molar-refractivity contribution is 7.93. The van der Waals surface area contributed by atoms with E-state index in [1.165, 1.54) is 6.92 Å². The molecule has 0 saturated heterocycles. The molecule has 2 aromatic rings. The van der Waals surface area contributed by atoms with E-state index in [-0.39, 0.29) is 0 Å². The van der Waals surface area contributed by atoms with Crippen molar-refractivity contribution in [1.29, 1.82) is 0 Å². The van der Waals surface area contributed by atoms with Crippen molar-refractivity contribution in [1.82, 2.24) is 0 Å². The second kappa shape index (κ2) is 8.33. The first-order chi connectivity index (χ1) is 12.2. The van der Waals surface area contributed by atoms with E-state index in [0.29, 0.717) is 16.4 Å². The molecule has 1 unspecified atom stereocenters. The number of aryl methyl sites for hydroxylation is 1. The van der Waals surface area contributed by atoms with E-state index in [1.54, 1.807) is 48.5 Å². The zero-order chi connectivity index (χ0) is 19.3. The van der Waals surface area contributed by atoms with Gasteiger partial charge in [-0.25, -0.2) is 8.42 Å². The third-order valence-electron chi connectivity index (χ3n) is 3.71. The van der Waals surface area contributed by atoms with Gasteiger partial charge in [-0.05, 0) is 38.1 Å². The van der Waals surface area contributed by atoms with Gasteiger partial charge in [-0.15, -0.1) is 0 Å². The van der Waals surface area contributed by atoms with Crippen molar-refractivity contribution in [2.24, 2.45) is 0 Å². The molecule has 0 aliphatic heterocycles. The molecule has 0 saturated carbocycles. The first-order valence-corrected chi connectivity index (χ1v) is 9.92. The third-order valence-corrected chi connectivity index (χ3v) is 5.99. The van der Waals surface area contributed by atoms with Crippen molar-refractivity contribution in [2.75, 3.05) is 16.4 Å². The molecule has 2 rings (SSSR count). The Morgan fingerprint density at radius 2 is 1.65 bits per heavy atom. The summed E-state index contributed by atoms with van der Waals surface area (Å²) < 4.78 is 24.7. The topological polar surface area (TPSA) is 92.3 Å². The predicted octanol–water partition coefficient (Wildman–Crippen LogP) is 3.03. The average Bonchev–Trinajstić information content (AvgIpc) is 2.57. The van der Waals surface area contributed by atoms with Crippen LogP contribution in [-0.2, 0) is 19.4 Å². The minimum absolute atomic E-state index is 0.294. The lowest BCUT2D eigenvalue weighted by Gasteiger charge is -2.14. The van der Waals surface area contributed by atoms with Gasteiger partial charge in [0.15, 0.2) is 9.84 Å². The quantitative estimate of drug-likeness (QED) is 0.787. The number of hydrogen-bond acceptors (Lipinski definition) is 4. The first-order valence-electron chi connectivity index (χ1n) is 7.82. The van der Waals surface area contributed by atoms with Crippen LogP contribution in [0.5, 0.6) is 0 Å². The number of benzene rings is 2. The van der Waals surface area contributed by atoms with Crippen LogP contribution in [0.1, 0.15) is 12.5 Å². The van der Waals surface area contributed by atoms with E-state index >= 15 is 0 Å². The number of rotatable bonds is 6. The van der Waals surface area contributed by atoms with Crippen molar-refractivity contribution in [3.63, 3.8) is 0 Å². The third kappa shape index (κ3) is 5.31. The average molecular weight is 395 g/mol. The van der Waals surface area contributed by atoms with E-state index in [1.807, 2.05) is 6.92 Å². The Morgan fingerprint density at radius 3 is 2.27 bits per heavy atom. The standard InChI is InChI=1S/C18H19ClN2O4S/c1-12-7-9-14(10-8-12)20-17(22)11-26(24,25)13(2)18(23)21-16-6-4-3-5-15(16)19/h3-10,13H,11H2,1-2H3,(H,20,22)(H,21,23). The Morgan fingerprint density at radius 1 is 1.04 bits per heavy atom. The second-order valence-electron chi connectivity index (χ2n) is 5.83. The predicted molar refractivity (Wildman–Crippen MR) is 103 cm³/mol. The van der Waals surface area contributed by atoms with Crippen molar-refractivity contribution in [2.45, 2.75) is 19.1 Å². The van der Waals surface area contributed by atoms with Crippen LogP contribution in [-0.4, -0.2) is 31.2 Å². The normalized spacial score (nSPS) is 12.3. The fraction of sp³-hybridized carbons (Fsp3) is 0.222. The van der Waals surface area contributed by atoms with Crippen LogP contribution in [0.4, 0.5) is 11.4 Å². The van der Waals surface area contributed by atoms with Crippen LogP contribution >= 0.6 is 11.6 Å². The van der Waals surface area contributed by atoms with E-state index in [0.717, 1.165) is 5.56 Å². The van der Waals surface area contributed by atoms with E-state index < -0.39 is 32.7 Å². The number of para-hydroxylation sites is 1. The maximum absolute atomic E-state index is 12.3. The highest BCUT2D eigenvalue weighted by Crippen LogP contribution is 2.21. The van der Waals surface area contributed by atoms with Crippen molar-refractivity contribution in [3.05, 3.63) is 59.1 Å². The van der Waals surface area contributed by atoms with E-state index in [4.69, 9.17) is 11.6 Å².